The highest BCUT2D eigenvalue weighted by Gasteiger charge is 2.24. The van der Waals surface area contributed by atoms with Gasteiger partial charge in [-0.1, -0.05) is 25.6 Å². The van der Waals surface area contributed by atoms with Gasteiger partial charge in [0.05, 0.1) is 12.1 Å². The molecule has 0 aromatic carbocycles. The van der Waals surface area contributed by atoms with E-state index >= 15 is 0 Å². The van der Waals surface area contributed by atoms with E-state index in [0.29, 0.717) is 19.4 Å². The number of nitrogens with one attached hydrogen (secondary N) is 2. The number of amides is 3. The van der Waals surface area contributed by atoms with E-state index in [1.165, 1.54) is 0 Å². The van der Waals surface area contributed by atoms with Gasteiger partial charge in [-0.2, -0.15) is 0 Å². The fourth-order valence-electron chi connectivity index (χ4n) is 1.48. The van der Waals surface area contributed by atoms with E-state index in [-0.39, 0.29) is 16.9 Å². The Balaban J connectivity index is 4.39. The van der Waals surface area contributed by atoms with Crippen LogP contribution in [-0.2, 0) is 9.59 Å². The van der Waals surface area contributed by atoms with Crippen molar-refractivity contribution in [3.8, 4) is 0 Å². The van der Waals surface area contributed by atoms with Crippen LogP contribution in [0, 0.1) is 5.92 Å². The summed E-state index contributed by atoms with van der Waals surface area (Å²) < 4.78 is 0. The van der Waals surface area contributed by atoms with Crippen molar-refractivity contribution < 1.29 is 14.4 Å². The van der Waals surface area contributed by atoms with Crippen molar-refractivity contribution in [2.45, 2.75) is 38.8 Å². The lowest BCUT2D eigenvalue weighted by atomic mass is 10.0. The molecule has 0 unspecified atom stereocenters. The highest BCUT2D eigenvalue weighted by Crippen LogP contribution is 2.08. The fourth-order valence-corrected chi connectivity index (χ4v) is 1.94. The van der Waals surface area contributed by atoms with Gasteiger partial charge in [0.1, 0.15) is 0 Å². The smallest absolute Gasteiger partial charge is 0.312 e. The lowest BCUT2D eigenvalue weighted by Gasteiger charge is -2.21. The van der Waals surface area contributed by atoms with Gasteiger partial charge in [0.25, 0.3) is 0 Å². The van der Waals surface area contributed by atoms with Gasteiger partial charge in [-0.05, 0) is 25.0 Å². The van der Waals surface area contributed by atoms with Crippen molar-refractivity contribution in [3.63, 3.8) is 0 Å². The van der Waals surface area contributed by atoms with Gasteiger partial charge < -0.3 is 22.1 Å². The Labute approximate surface area is 123 Å². The highest BCUT2D eigenvalue weighted by molar-refractivity contribution is 8.13. The standard InChI is InChI=1S/C12H24N4O3S/c1-7(2)9(13)10(17)16-8(11(18)20-3)5-4-6-15-12(14)19/h7-9H,4-6,13H2,1-3H3,(H,16,17)(H3,14,15,19)/t8-,9-/m0/s1. The van der Waals surface area contributed by atoms with Crippen LogP contribution in [0.5, 0.6) is 0 Å². The zero-order valence-corrected chi connectivity index (χ0v) is 13.0. The van der Waals surface area contributed by atoms with E-state index in [0.717, 1.165) is 11.8 Å². The van der Waals surface area contributed by atoms with Crippen molar-refractivity contribution in [1.82, 2.24) is 10.6 Å². The molecule has 116 valence electrons. The van der Waals surface area contributed by atoms with Gasteiger partial charge in [-0.3, -0.25) is 9.59 Å². The molecule has 0 aliphatic rings. The van der Waals surface area contributed by atoms with Crippen LogP contribution in [0.2, 0.25) is 0 Å². The molecule has 0 aliphatic heterocycles. The summed E-state index contributed by atoms with van der Waals surface area (Å²) in [4.78, 5) is 34.2. The Morgan fingerprint density at radius 1 is 1.25 bits per heavy atom. The minimum atomic E-state index is -0.643. The fraction of sp³-hybridized carbons (Fsp3) is 0.750. The molecular formula is C12H24N4O3S. The molecule has 0 saturated carbocycles. The molecule has 0 rings (SSSR count). The van der Waals surface area contributed by atoms with E-state index in [1.807, 2.05) is 13.8 Å². The Morgan fingerprint density at radius 3 is 2.30 bits per heavy atom. The lowest BCUT2D eigenvalue weighted by Crippen LogP contribution is -2.50. The number of carbonyl (C=O) groups is 3. The summed E-state index contributed by atoms with van der Waals surface area (Å²) in [7, 11) is 0. The summed E-state index contributed by atoms with van der Waals surface area (Å²) in [5.74, 6) is -0.341. The molecule has 0 saturated heterocycles. The molecule has 0 radical (unpaired) electrons. The number of rotatable bonds is 8. The molecule has 0 aromatic rings. The zero-order valence-electron chi connectivity index (χ0n) is 12.1. The van der Waals surface area contributed by atoms with Crippen LogP contribution in [-0.4, -0.2) is 41.9 Å². The third-order valence-corrected chi connectivity index (χ3v) is 3.48. The van der Waals surface area contributed by atoms with Gasteiger partial charge in [0.15, 0.2) is 0 Å². The number of hydrogen-bond acceptors (Lipinski definition) is 5. The molecule has 8 heteroatoms. The summed E-state index contributed by atoms with van der Waals surface area (Å²) >= 11 is 1.05. The van der Waals surface area contributed by atoms with Crippen LogP contribution in [0.3, 0.4) is 0 Å². The number of urea groups is 1. The van der Waals surface area contributed by atoms with Gasteiger partial charge in [0, 0.05) is 6.54 Å². The SMILES string of the molecule is CSC(=O)[C@H](CCCNC(N)=O)NC(=O)[C@@H](N)C(C)C. The third-order valence-electron chi connectivity index (χ3n) is 2.79. The monoisotopic (exact) mass is 304 g/mol. The number of nitrogens with two attached hydrogens (primary N) is 2. The van der Waals surface area contributed by atoms with E-state index in [2.05, 4.69) is 10.6 Å². The second kappa shape index (κ2) is 9.60. The van der Waals surface area contributed by atoms with Crippen molar-refractivity contribution in [1.29, 1.82) is 0 Å². The first-order valence-corrected chi connectivity index (χ1v) is 7.69. The highest BCUT2D eigenvalue weighted by atomic mass is 32.2. The van der Waals surface area contributed by atoms with Crippen molar-refractivity contribution in [3.05, 3.63) is 0 Å². The molecule has 20 heavy (non-hydrogen) atoms. The molecule has 7 nitrogen and oxygen atoms in total. The van der Waals surface area contributed by atoms with E-state index in [9.17, 15) is 14.4 Å². The molecule has 0 bridgehead atoms. The Hall–Kier alpha value is -1.28. The van der Waals surface area contributed by atoms with Crippen LogP contribution >= 0.6 is 11.8 Å². The summed E-state index contributed by atoms with van der Waals surface area (Å²) in [5.41, 5.74) is 10.7. The molecule has 2 atom stereocenters. The van der Waals surface area contributed by atoms with Crippen molar-refractivity contribution in [2.75, 3.05) is 12.8 Å². The number of thioether (sulfide) groups is 1. The molecule has 0 fully saturated rings. The molecule has 0 aliphatic carbocycles. The van der Waals surface area contributed by atoms with Crippen LogP contribution in [0.1, 0.15) is 26.7 Å². The predicted molar refractivity (Wildman–Crippen MR) is 80.1 cm³/mol. The van der Waals surface area contributed by atoms with Gasteiger partial charge in [-0.25, -0.2) is 4.79 Å². The number of carbonyl (C=O) groups excluding carboxylic acids is 3. The van der Waals surface area contributed by atoms with Crippen LogP contribution < -0.4 is 22.1 Å². The molecular weight excluding hydrogens is 280 g/mol. The van der Waals surface area contributed by atoms with Gasteiger partial charge >= 0.3 is 6.03 Å². The number of primary amides is 1. The maximum Gasteiger partial charge on any atom is 0.312 e. The minimum absolute atomic E-state index is 0.00319. The third kappa shape index (κ3) is 7.34. The average Bonchev–Trinajstić information content (AvgIpc) is 2.39. The van der Waals surface area contributed by atoms with Gasteiger partial charge in [-0.15, -0.1) is 0 Å². The topological polar surface area (TPSA) is 127 Å². The molecule has 0 spiro atoms. The predicted octanol–water partition coefficient (Wildman–Crippen LogP) is -0.207. The van der Waals surface area contributed by atoms with Crippen molar-refractivity contribution in [2.24, 2.45) is 17.4 Å². The number of hydrogen-bond donors (Lipinski definition) is 4. The second-order valence-corrected chi connectivity index (χ2v) is 5.60. The van der Waals surface area contributed by atoms with Crippen LogP contribution in [0.25, 0.3) is 0 Å². The molecule has 6 N–H and O–H groups in total. The summed E-state index contributed by atoms with van der Waals surface area (Å²) in [6.07, 6.45) is 2.62. The molecule has 0 heterocycles. The average molecular weight is 304 g/mol. The maximum absolute atomic E-state index is 11.9. The van der Waals surface area contributed by atoms with E-state index in [4.69, 9.17) is 11.5 Å². The lowest BCUT2D eigenvalue weighted by molar-refractivity contribution is -0.126. The first-order chi connectivity index (χ1) is 9.29. The van der Waals surface area contributed by atoms with E-state index < -0.39 is 18.1 Å². The normalized spacial score (nSPS) is 13.7. The zero-order chi connectivity index (χ0) is 15.7. The summed E-state index contributed by atoms with van der Waals surface area (Å²) in [6.45, 7) is 4.04. The van der Waals surface area contributed by atoms with Gasteiger partial charge in [0.2, 0.25) is 11.0 Å². The summed E-state index contributed by atoms with van der Waals surface area (Å²) in [6, 6.07) is -1.85. The first kappa shape index (κ1) is 18.7. The first-order valence-electron chi connectivity index (χ1n) is 6.46. The van der Waals surface area contributed by atoms with E-state index in [1.54, 1.807) is 6.26 Å². The molecule has 3 amide bonds. The largest absolute Gasteiger partial charge is 0.352 e. The van der Waals surface area contributed by atoms with Crippen LogP contribution in [0.15, 0.2) is 0 Å². The quantitative estimate of drug-likeness (QED) is 0.461. The minimum Gasteiger partial charge on any atom is -0.352 e. The molecule has 0 aromatic heterocycles. The van der Waals surface area contributed by atoms with Crippen molar-refractivity contribution >= 4 is 28.8 Å². The maximum atomic E-state index is 11.9. The van der Waals surface area contributed by atoms with Crippen LogP contribution in [0.4, 0.5) is 4.79 Å². The Morgan fingerprint density at radius 2 is 1.85 bits per heavy atom. The Kier molecular flexibility index (Phi) is 8.98. The Bertz CT molecular complexity index is 350. The second-order valence-electron chi connectivity index (χ2n) is 4.79. The summed E-state index contributed by atoms with van der Waals surface area (Å²) in [5, 5.41) is 4.96.